The molecular weight excluding hydrogens is 212 g/mol. The van der Waals surface area contributed by atoms with Gasteiger partial charge in [0.1, 0.15) is 5.60 Å². The number of nitrogens with zero attached hydrogens (tertiary/aromatic N) is 1. The van der Waals surface area contributed by atoms with E-state index in [0.717, 1.165) is 5.75 Å². The van der Waals surface area contributed by atoms with Crippen LogP contribution in [0.1, 0.15) is 20.8 Å². The Balaban J connectivity index is 2.63. The second-order valence-corrected chi connectivity index (χ2v) is 5.54. The van der Waals surface area contributed by atoms with Crippen molar-refractivity contribution in [2.45, 2.75) is 32.4 Å². The molecule has 2 N–H and O–H groups in total. The number of carbonyl (C=O) groups excluding carboxylic acids is 1. The van der Waals surface area contributed by atoms with Crippen molar-refractivity contribution in [3.05, 3.63) is 12.3 Å². The number of ether oxygens (including phenoxy) is 1. The zero-order valence-electron chi connectivity index (χ0n) is 9.45. The predicted molar refractivity (Wildman–Crippen MR) is 62.5 cm³/mol. The molecule has 1 fully saturated rings. The average molecular weight is 230 g/mol. The quantitative estimate of drug-likeness (QED) is 0.746. The fourth-order valence-corrected chi connectivity index (χ4v) is 2.46. The average Bonchev–Trinajstić information content (AvgIpc) is 2.47. The van der Waals surface area contributed by atoms with E-state index < -0.39 is 5.60 Å². The maximum atomic E-state index is 11.8. The number of amides is 1. The van der Waals surface area contributed by atoms with Gasteiger partial charge >= 0.3 is 6.09 Å². The third-order valence-electron chi connectivity index (χ3n) is 1.94. The molecule has 4 nitrogen and oxygen atoms in total. The van der Waals surface area contributed by atoms with Crippen molar-refractivity contribution in [3.8, 4) is 0 Å². The number of carbonyl (C=O) groups is 1. The van der Waals surface area contributed by atoms with Crippen molar-refractivity contribution in [3.63, 3.8) is 0 Å². The minimum Gasteiger partial charge on any atom is -0.444 e. The van der Waals surface area contributed by atoms with E-state index in [4.69, 9.17) is 10.5 Å². The molecule has 1 amide bonds. The lowest BCUT2D eigenvalue weighted by molar-refractivity contribution is 0.0262. The third-order valence-corrected chi connectivity index (χ3v) is 2.95. The minimum absolute atomic E-state index is 0.0927. The van der Waals surface area contributed by atoms with Crippen molar-refractivity contribution >= 4 is 17.9 Å². The smallest absolute Gasteiger partial charge is 0.411 e. The van der Waals surface area contributed by atoms with Crippen LogP contribution in [0.15, 0.2) is 12.3 Å². The lowest BCUT2D eigenvalue weighted by atomic mass is 10.2. The van der Waals surface area contributed by atoms with Gasteiger partial charge in [0.15, 0.2) is 0 Å². The molecule has 1 atom stereocenters. The molecule has 86 valence electrons. The maximum absolute atomic E-state index is 11.8. The van der Waals surface area contributed by atoms with Gasteiger partial charge in [0.05, 0.1) is 11.9 Å². The molecule has 1 saturated heterocycles. The summed E-state index contributed by atoms with van der Waals surface area (Å²) in [6.07, 6.45) is -0.316. The van der Waals surface area contributed by atoms with Gasteiger partial charge in [0.25, 0.3) is 0 Å². The zero-order valence-corrected chi connectivity index (χ0v) is 10.3. The van der Waals surface area contributed by atoms with Crippen LogP contribution in [0.2, 0.25) is 0 Å². The van der Waals surface area contributed by atoms with E-state index in [0.29, 0.717) is 11.6 Å². The van der Waals surface area contributed by atoms with Crippen LogP contribution in [0, 0.1) is 0 Å². The summed E-state index contributed by atoms with van der Waals surface area (Å²) in [5.74, 6) is 1.42. The highest BCUT2D eigenvalue weighted by molar-refractivity contribution is 7.99. The molecule has 0 aromatic carbocycles. The Morgan fingerprint density at radius 1 is 1.60 bits per heavy atom. The molecule has 15 heavy (non-hydrogen) atoms. The number of hydrogen-bond acceptors (Lipinski definition) is 4. The SMILES string of the molecule is C=C(N)[C@H]1CSCN1C(=O)OC(C)(C)C. The summed E-state index contributed by atoms with van der Waals surface area (Å²) < 4.78 is 5.28. The molecule has 1 heterocycles. The van der Waals surface area contributed by atoms with E-state index in [9.17, 15) is 4.79 Å². The van der Waals surface area contributed by atoms with E-state index in [1.54, 1.807) is 16.7 Å². The normalized spacial score (nSPS) is 21.5. The minimum atomic E-state index is -0.467. The number of rotatable bonds is 1. The highest BCUT2D eigenvalue weighted by Gasteiger charge is 2.33. The first-order chi connectivity index (χ1) is 6.81. The Hall–Kier alpha value is -0.840. The van der Waals surface area contributed by atoms with Crippen molar-refractivity contribution in [1.82, 2.24) is 4.90 Å². The molecule has 0 aliphatic carbocycles. The number of nitrogens with two attached hydrogens (primary N) is 1. The van der Waals surface area contributed by atoms with Gasteiger partial charge in [-0.25, -0.2) is 4.79 Å². The summed E-state index contributed by atoms with van der Waals surface area (Å²) in [6.45, 7) is 9.22. The first kappa shape index (κ1) is 12.2. The van der Waals surface area contributed by atoms with Gasteiger partial charge in [-0.15, -0.1) is 11.8 Å². The largest absolute Gasteiger partial charge is 0.444 e. The van der Waals surface area contributed by atoms with E-state index in [1.165, 1.54) is 0 Å². The Morgan fingerprint density at radius 2 is 2.20 bits per heavy atom. The number of thioether (sulfide) groups is 1. The van der Waals surface area contributed by atoms with Crippen LogP contribution in [-0.4, -0.2) is 34.3 Å². The Morgan fingerprint density at radius 3 is 2.67 bits per heavy atom. The van der Waals surface area contributed by atoms with E-state index >= 15 is 0 Å². The molecule has 1 aliphatic heterocycles. The van der Waals surface area contributed by atoms with Crippen molar-refractivity contribution in [2.75, 3.05) is 11.6 Å². The molecule has 0 unspecified atom stereocenters. The summed E-state index contributed by atoms with van der Waals surface area (Å²) in [5, 5.41) is 0. The second-order valence-electron chi connectivity index (χ2n) is 4.54. The lowest BCUT2D eigenvalue weighted by Crippen LogP contribution is -2.42. The molecule has 0 aromatic rings. The third kappa shape index (κ3) is 3.34. The van der Waals surface area contributed by atoms with Crippen LogP contribution in [-0.2, 0) is 4.74 Å². The molecule has 0 aromatic heterocycles. The van der Waals surface area contributed by atoms with Crippen molar-refractivity contribution < 1.29 is 9.53 Å². The second kappa shape index (κ2) is 4.35. The van der Waals surface area contributed by atoms with Crippen LogP contribution < -0.4 is 5.73 Å². The Labute approximate surface area is 94.8 Å². The van der Waals surface area contributed by atoms with Gasteiger partial charge in [-0.05, 0) is 20.8 Å². The number of hydrogen-bond donors (Lipinski definition) is 1. The molecule has 5 heteroatoms. The van der Waals surface area contributed by atoms with E-state index in [1.807, 2.05) is 20.8 Å². The topological polar surface area (TPSA) is 55.6 Å². The molecule has 0 radical (unpaired) electrons. The van der Waals surface area contributed by atoms with Crippen LogP contribution in [0.5, 0.6) is 0 Å². The highest BCUT2D eigenvalue weighted by atomic mass is 32.2. The first-order valence-corrected chi connectivity index (χ1v) is 5.98. The fourth-order valence-electron chi connectivity index (χ4n) is 1.25. The van der Waals surface area contributed by atoms with Crippen LogP contribution in [0.3, 0.4) is 0 Å². The standard InChI is InChI=1S/C10H18N2O2S/c1-7(11)8-5-15-6-12(8)9(13)14-10(2,3)4/h8H,1,5-6,11H2,2-4H3/t8-/m1/s1. The van der Waals surface area contributed by atoms with Crippen LogP contribution in [0.25, 0.3) is 0 Å². The molecule has 0 bridgehead atoms. The van der Waals surface area contributed by atoms with Crippen LogP contribution in [0.4, 0.5) is 4.79 Å². The van der Waals surface area contributed by atoms with Gasteiger partial charge in [-0.1, -0.05) is 6.58 Å². The predicted octanol–water partition coefficient (Wildman–Crippen LogP) is 1.77. The fraction of sp³-hybridized carbons (Fsp3) is 0.700. The van der Waals surface area contributed by atoms with Gasteiger partial charge in [-0.2, -0.15) is 0 Å². The summed E-state index contributed by atoms with van der Waals surface area (Å²) in [6, 6.07) is -0.0927. The summed E-state index contributed by atoms with van der Waals surface area (Å²) in [7, 11) is 0. The summed E-state index contributed by atoms with van der Waals surface area (Å²) in [5.41, 5.74) is 5.68. The van der Waals surface area contributed by atoms with E-state index in [-0.39, 0.29) is 12.1 Å². The Kier molecular flexibility index (Phi) is 3.54. The van der Waals surface area contributed by atoms with Gasteiger partial charge in [-0.3, -0.25) is 4.90 Å². The molecule has 1 rings (SSSR count). The van der Waals surface area contributed by atoms with Crippen LogP contribution >= 0.6 is 11.8 Å². The summed E-state index contributed by atoms with van der Waals surface area (Å²) in [4.78, 5) is 13.4. The molecule has 1 aliphatic rings. The lowest BCUT2D eigenvalue weighted by Gasteiger charge is -2.27. The first-order valence-electron chi connectivity index (χ1n) is 4.83. The van der Waals surface area contributed by atoms with Crippen molar-refractivity contribution in [2.24, 2.45) is 5.73 Å². The summed E-state index contributed by atoms with van der Waals surface area (Å²) >= 11 is 1.66. The van der Waals surface area contributed by atoms with Gasteiger partial charge in [0, 0.05) is 11.4 Å². The maximum Gasteiger partial charge on any atom is 0.411 e. The molecule has 0 spiro atoms. The van der Waals surface area contributed by atoms with Crippen molar-refractivity contribution in [1.29, 1.82) is 0 Å². The van der Waals surface area contributed by atoms with E-state index in [2.05, 4.69) is 6.58 Å². The Bertz CT molecular complexity index is 273. The zero-order chi connectivity index (χ0) is 11.6. The molecular formula is C10H18N2O2S. The van der Waals surface area contributed by atoms with Gasteiger partial charge in [0.2, 0.25) is 0 Å². The molecule has 0 saturated carbocycles. The highest BCUT2D eigenvalue weighted by Crippen LogP contribution is 2.25. The van der Waals surface area contributed by atoms with Gasteiger partial charge < -0.3 is 10.5 Å². The monoisotopic (exact) mass is 230 g/mol.